The van der Waals surface area contributed by atoms with Gasteiger partial charge in [-0.2, -0.15) is 0 Å². The maximum absolute atomic E-state index is 13.8. The lowest BCUT2D eigenvalue weighted by Gasteiger charge is -2.28. The molecule has 0 aliphatic heterocycles. The smallest absolute Gasteiger partial charge is 0.130 e. The number of rotatable bonds is 3. The van der Waals surface area contributed by atoms with E-state index < -0.39 is 17.7 Å². The molecule has 2 aromatic carbocycles. The number of halogens is 2. The molecule has 0 radical (unpaired) electrons. The highest BCUT2D eigenvalue weighted by molar-refractivity contribution is 5.33. The van der Waals surface area contributed by atoms with E-state index in [-0.39, 0.29) is 11.5 Å². The third-order valence-corrected chi connectivity index (χ3v) is 4.40. The molecule has 0 fully saturated rings. The lowest BCUT2D eigenvalue weighted by molar-refractivity contribution is 0.448. The molecule has 3 heteroatoms. The second-order valence-corrected chi connectivity index (χ2v) is 5.77. The Kier molecular flexibility index (Phi) is 4.02. The van der Waals surface area contributed by atoms with Crippen LogP contribution in [0.2, 0.25) is 0 Å². The van der Waals surface area contributed by atoms with Crippen LogP contribution in [0.15, 0.2) is 42.5 Å². The maximum atomic E-state index is 13.8. The van der Waals surface area contributed by atoms with Gasteiger partial charge in [-0.3, -0.25) is 0 Å². The third kappa shape index (κ3) is 2.84. The molecule has 2 unspecified atom stereocenters. The maximum Gasteiger partial charge on any atom is 0.130 e. The van der Waals surface area contributed by atoms with E-state index in [0.717, 1.165) is 19.3 Å². The number of hydrogen-bond donors (Lipinski definition) is 1. The Morgan fingerprint density at radius 2 is 1.76 bits per heavy atom. The summed E-state index contributed by atoms with van der Waals surface area (Å²) in [5, 5.41) is 0. The monoisotopic (exact) mass is 287 g/mol. The van der Waals surface area contributed by atoms with E-state index in [2.05, 4.69) is 12.1 Å². The zero-order chi connectivity index (χ0) is 14.8. The zero-order valence-electron chi connectivity index (χ0n) is 11.9. The van der Waals surface area contributed by atoms with Crippen LogP contribution in [0, 0.1) is 11.6 Å². The summed E-state index contributed by atoms with van der Waals surface area (Å²) in [4.78, 5) is 0. The molecular formula is C18H19F2N. The van der Waals surface area contributed by atoms with Crippen LogP contribution in [0.5, 0.6) is 0 Å². The summed E-state index contributed by atoms with van der Waals surface area (Å²) in [6.45, 7) is 0. The van der Waals surface area contributed by atoms with Crippen LogP contribution in [-0.2, 0) is 6.42 Å². The molecule has 21 heavy (non-hydrogen) atoms. The topological polar surface area (TPSA) is 26.0 Å². The van der Waals surface area contributed by atoms with E-state index in [9.17, 15) is 8.78 Å². The van der Waals surface area contributed by atoms with Gasteiger partial charge in [0.05, 0.1) is 0 Å². The first-order valence-electron chi connectivity index (χ1n) is 7.44. The van der Waals surface area contributed by atoms with Crippen molar-refractivity contribution in [3.63, 3.8) is 0 Å². The molecule has 2 aromatic rings. The van der Waals surface area contributed by atoms with Gasteiger partial charge in [0, 0.05) is 11.6 Å². The summed E-state index contributed by atoms with van der Waals surface area (Å²) in [6.07, 6.45) is 3.79. The summed E-state index contributed by atoms with van der Waals surface area (Å²) >= 11 is 0. The first kappa shape index (κ1) is 14.2. The van der Waals surface area contributed by atoms with Crippen molar-refractivity contribution in [3.8, 4) is 0 Å². The summed E-state index contributed by atoms with van der Waals surface area (Å²) < 4.78 is 27.7. The van der Waals surface area contributed by atoms with Crippen LogP contribution < -0.4 is 5.73 Å². The molecule has 2 N–H and O–H groups in total. The van der Waals surface area contributed by atoms with Crippen LogP contribution in [0.3, 0.4) is 0 Å². The Labute approximate surface area is 123 Å². The molecule has 1 aliphatic rings. The van der Waals surface area contributed by atoms with Gasteiger partial charge in [-0.25, -0.2) is 8.78 Å². The number of nitrogens with two attached hydrogens (primary N) is 1. The van der Waals surface area contributed by atoms with Gasteiger partial charge in [-0.15, -0.1) is 0 Å². The second-order valence-electron chi connectivity index (χ2n) is 5.77. The minimum absolute atomic E-state index is 0.0144. The molecule has 0 bridgehead atoms. The van der Waals surface area contributed by atoms with E-state index >= 15 is 0 Å². The first-order chi connectivity index (χ1) is 10.2. The number of hydrogen-bond acceptors (Lipinski definition) is 1. The van der Waals surface area contributed by atoms with Crippen molar-refractivity contribution in [2.45, 2.75) is 37.6 Å². The SMILES string of the molecule is NC(CC1CCCc2ccccc21)c1c(F)cccc1F. The Morgan fingerprint density at radius 1 is 1.05 bits per heavy atom. The highest BCUT2D eigenvalue weighted by Crippen LogP contribution is 2.37. The standard InChI is InChI=1S/C18H19F2N/c19-15-9-4-10-16(20)18(15)17(21)11-13-7-3-6-12-5-1-2-8-14(12)13/h1-2,4-5,8-10,13,17H,3,6-7,11,21H2. The lowest BCUT2D eigenvalue weighted by atomic mass is 9.79. The van der Waals surface area contributed by atoms with Gasteiger partial charge in [0.2, 0.25) is 0 Å². The molecule has 3 rings (SSSR count). The summed E-state index contributed by atoms with van der Waals surface area (Å²) in [5.41, 5.74) is 8.75. The quantitative estimate of drug-likeness (QED) is 0.885. The van der Waals surface area contributed by atoms with Crippen molar-refractivity contribution < 1.29 is 8.78 Å². The minimum Gasteiger partial charge on any atom is -0.324 e. The van der Waals surface area contributed by atoms with Gasteiger partial charge in [-0.05, 0) is 54.9 Å². The fourth-order valence-corrected chi connectivity index (χ4v) is 3.39. The van der Waals surface area contributed by atoms with Crippen molar-refractivity contribution in [1.82, 2.24) is 0 Å². The summed E-state index contributed by atoms with van der Waals surface area (Å²) in [5.74, 6) is -0.817. The minimum atomic E-state index is -0.609. The largest absolute Gasteiger partial charge is 0.324 e. The lowest BCUT2D eigenvalue weighted by Crippen LogP contribution is -2.20. The molecule has 0 aromatic heterocycles. The van der Waals surface area contributed by atoms with Gasteiger partial charge >= 0.3 is 0 Å². The van der Waals surface area contributed by atoms with Crippen LogP contribution in [-0.4, -0.2) is 0 Å². The second kappa shape index (κ2) is 5.94. The Bertz CT molecular complexity index is 619. The average molecular weight is 287 g/mol. The Balaban J connectivity index is 1.85. The Hall–Kier alpha value is -1.74. The van der Waals surface area contributed by atoms with Gasteiger partial charge in [-0.1, -0.05) is 30.3 Å². The van der Waals surface area contributed by atoms with E-state index in [1.54, 1.807) is 0 Å². The predicted octanol–water partition coefficient (Wildman–Crippen LogP) is 4.47. The van der Waals surface area contributed by atoms with Gasteiger partial charge in [0.1, 0.15) is 11.6 Å². The zero-order valence-corrected chi connectivity index (χ0v) is 11.9. The number of fused-ring (bicyclic) bond motifs is 1. The normalized spacial score (nSPS) is 19.1. The molecule has 0 saturated carbocycles. The van der Waals surface area contributed by atoms with E-state index in [1.807, 2.05) is 12.1 Å². The van der Waals surface area contributed by atoms with E-state index in [0.29, 0.717) is 6.42 Å². The predicted molar refractivity (Wildman–Crippen MR) is 80.0 cm³/mol. The first-order valence-corrected chi connectivity index (χ1v) is 7.44. The van der Waals surface area contributed by atoms with Crippen LogP contribution in [0.4, 0.5) is 8.78 Å². The molecule has 1 nitrogen and oxygen atoms in total. The highest BCUT2D eigenvalue weighted by Gasteiger charge is 2.25. The van der Waals surface area contributed by atoms with Crippen molar-refractivity contribution in [1.29, 1.82) is 0 Å². The van der Waals surface area contributed by atoms with Gasteiger partial charge < -0.3 is 5.73 Å². The van der Waals surface area contributed by atoms with Crippen molar-refractivity contribution in [3.05, 3.63) is 70.8 Å². The summed E-state index contributed by atoms with van der Waals surface area (Å²) in [6, 6.07) is 11.6. The van der Waals surface area contributed by atoms with E-state index in [1.165, 1.54) is 29.3 Å². The third-order valence-electron chi connectivity index (χ3n) is 4.40. The average Bonchev–Trinajstić information content (AvgIpc) is 2.47. The molecule has 0 heterocycles. The van der Waals surface area contributed by atoms with Crippen LogP contribution >= 0.6 is 0 Å². The van der Waals surface area contributed by atoms with Gasteiger partial charge in [0.25, 0.3) is 0 Å². The highest BCUT2D eigenvalue weighted by atomic mass is 19.1. The molecule has 1 aliphatic carbocycles. The van der Waals surface area contributed by atoms with E-state index in [4.69, 9.17) is 5.73 Å². The molecule has 0 saturated heterocycles. The molecule has 0 amide bonds. The molecule has 110 valence electrons. The van der Waals surface area contributed by atoms with Crippen molar-refractivity contribution in [2.75, 3.05) is 0 Å². The fraction of sp³-hybridized carbons (Fsp3) is 0.333. The van der Waals surface area contributed by atoms with Crippen LogP contribution in [0.1, 0.15) is 47.9 Å². The van der Waals surface area contributed by atoms with Crippen molar-refractivity contribution >= 4 is 0 Å². The van der Waals surface area contributed by atoms with Crippen LogP contribution in [0.25, 0.3) is 0 Å². The molecule has 0 spiro atoms. The molecular weight excluding hydrogens is 268 g/mol. The van der Waals surface area contributed by atoms with Crippen molar-refractivity contribution in [2.24, 2.45) is 5.73 Å². The fourth-order valence-electron chi connectivity index (χ4n) is 3.39. The number of aryl methyl sites for hydroxylation is 1. The van der Waals surface area contributed by atoms with Gasteiger partial charge in [0.15, 0.2) is 0 Å². The number of benzene rings is 2. The Morgan fingerprint density at radius 3 is 2.52 bits per heavy atom. The summed E-state index contributed by atoms with van der Waals surface area (Å²) in [7, 11) is 0. The molecule has 2 atom stereocenters.